The molecule has 180 valence electrons. The van der Waals surface area contributed by atoms with Crippen molar-refractivity contribution in [1.82, 2.24) is 0 Å². The van der Waals surface area contributed by atoms with Crippen LogP contribution in [0.25, 0.3) is 22.3 Å². The maximum Gasteiger partial charge on any atom is 0.201 e. The van der Waals surface area contributed by atoms with E-state index in [4.69, 9.17) is 14.2 Å². The molecule has 35 heavy (non-hydrogen) atoms. The van der Waals surface area contributed by atoms with Gasteiger partial charge < -0.3 is 14.2 Å². The van der Waals surface area contributed by atoms with Gasteiger partial charge in [0.1, 0.15) is 18.2 Å². The summed E-state index contributed by atoms with van der Waals surface area (Å²) in [6, 6.07) is 21.7. The Morgan fingerprint density at radius 1 is 0.657 bits per heavy atom. The first kappa shape index (κ1) is 24.4. The highest BCUT2D eigenvalue weighted by Crippen LogP contribution is 2.31. The highest BCUT2D eigenvalue weighted by Gasteiger charge is 2.16. The van der Waals surface area contributed by atoms with Crippen LogP contribution in [0.1, 0.15) is 18.1 Å². The summed E-state index contributed by atoms with van der Waals surface area (Å²) >= 11 is 0. The van der Waals surface area contributed by atoms with Crippen LogP contribution in [0.4, 0.5) is 13.2 Å². The van der Waals surface area contributed by atoms with Crippen LogP contribution in [0.5, 0.6) is 11.5 Å². The molecule has 0 aliphatic rings. The molecule has 0 N–H and O–H groups in total. The van der Waals surface area contributed by atoms with E-state index >= 15 is 0 Å². The molecule has 4 aromatic rings. The molecule has 0 heterocycles. The summed E-state index contributed by atoms with van der Waals surface area (Å²) in [6.45, 7) is 2.85. The van der Waals surface area contributed by atoms with Crippen molar-refractivity contribution in [1.29, 1.82) is 0 Å². The van der Waals surface area contributed by atoms with E-state index in [1.165, 1.54) is 25.3 Å². The summed E-state index contributed by atoms with van der Waals surface area (Å²) in [5.74, 6) is -1.92. The molecule has 0 radical (unpaired) electrons. The Kier molecular flexibility index (Phi) is 7.73. The number of rotatable bonds is 9. The molecule has 3 nitrogen and oxygen atoms in total. The van der Waals surface area contributed by atoms with E-state index in [1.54, 1.807) is 54.6 Å². The van der Waals surface area contributed by atoms with Gasteiger partial charge in [-0.1, -0.05) is 48.5 Å². The van der Waals surface area contributed by atoms with Crippen LogP contribution in [-0.2, 0) is 18.0 Å². The van der Waals surface area contributed by atoms with Crippen molar-refractivity contribution in [3.63, 3.8) is 0 Å². The average Bonchev–Trinajstić information content (AvgIpc) is 2.89. The van der Waals surface area contributed by atoms with Crippen LogP contribution in [-0.4, -0.2) is 13.7 Å². The van der Waals surface area contributed by atoms with Gasteiger partial charge in [0.2, 0.25) is 5.82 Å². The van der Waals surface area contributed by atoms with E-state index in [2.05, 4.69) is 0 Å². The van der Waals surface area contributed by atoms with Gasteiger partial charge in [-0.25, -0.2) is 8.78 Å². The molecule has 0 aromatic heterocycles. The van der Waals surface area contributed by atoms with Gasteiger partial charge in [0, 0.05) is 17.7 Å². The summed E-state index contributed by atoms with van der Waals surface area (Å²) in [6.07, 6.45) is 0. The molecule has 0 atom stereocenters. The predicted octanol–water partition coefficient (Wildman–Crippen LogP) is 7.56. The fourth-order valence-electron chi connectivity index (χ4n) is 3.68. The third-order valence-electron chi connectivity index (χ3n) is 5.61. The van der Waals surface area contributed by atoms with Gasteiger partial charge in [0.25, 0.3) is 0 Å². The number of hydrogen-bond donors (Lipinski definition) is 0. The van der Waals surface area contributed by atoms with E-state index in [0.717, 1.165) is 11.1 Å². The summed E-state index contributed by atoms with van der Waals surface area (Å²) in [7, 11) is 1.54. The zero-order valence-corrected chi connectivity index (χ0v) is 19.5. The number of benzene rings is 4. The van der Waals surface area contributed by atoms with Gasteiger partial charge in [-0.15, -0.1) is 0 Å². The second kappa shape index (κ2) is 11.1. The van der Waals surface area contributed by atoms with E-state index in [1.807, 2.05) is 13.0 Å². The molecule has 0 spiro atoms. The van der Waals surface area contributed by atoms with Gasteiger partial charge >= 0.3 is 0 Å². The molecule has 6 heteroatoms. The van der Waals surface area contributed by atoms with E-state index < -0.39 is 11.6 Å². The molecule has 0 saturated heterocycles. The van der Waals surface area contributed by atoms with Crippen molar-refractivity contribution in [2.75, 3.05) is 13.7 Å². The quantitative estimate of drug-likeness (QED) is 0.248. The zero-order valence-electron chi connectivity index (χ0n) is 19.5. The van der Waals surface area contributed by atoms with Crippen molar-refractivity contribution < 1.29 is 27.4 Å². The standard InChI is InChI=1S/C29H25F3O3/c1-3-34-17-20-6-13-24(26(30)16-20)21-7-4-19(5-8-21)18-35-27-15-14-25(28(31)29(27)32)22-9-11-23(33-2)12-10-22/h4-16H,3,17-18H2,1-2H3. The largest absolute Gasteiger partial charge is 0.497 e. The summed E-state index contributed by atoms with van der Waals surface area (Å²) in [5, 5.41) is 0. The summed E-state index contributed by atoms with van der Waals surface area (Å²) in [4.78, 5) is 0. The Hall–Kier alpha value is -3.77. The van der Waals surface area contributed by atoms with E-state index in [-0.39, 0.29) is 23.7 Å². The van der Waals surface area contributed by atoms with Gasteiger partial charge in [-0.3, -0.25) is 0 Å². The summed E-state index contributed by atoms with van der Waals surface area (Å²) in [5.41, 5.74) is 3.35. The minimum Gasteiger partial charge on any atom is -0.497 e. The lowest BCUT2D eigenvalue weighted by atomic mass is 10.0. The maximum atomic E-state index is 14.7. The SMILES string of the molecule is CCOCc1ccc(-c2ccc(COc3ccc(-c4ccc(OC)cc4)c(F)c3F)cc2)c(F)c1. The fraction of sp³-hybridized carbons (Fsp3) is 0.172. The van der Waals surface area contributed by atoms with Gasteiger partial charge in [0.05, 0.1) is 13.7 Å². The predicted molar refractivity (Wildman–Crippen MR) is 130 cm³/mol. The molecule has 4 aromatic carbocycles. The maximum absolute atomic E-state index is 14.7. The van der Waals surface area contributed by atoms with Crippen molar-refractivity contribution in [2.24, 2.45) is 0 Å². The molecular weight excluding hydrogens is 453 g/mol. The van der Waals surface area contributed by atoms with Crippen molar-refractivity contribution in [3.8, 4) is 33.8 Å². The van der Waals surface area contributed by atoms with Crippen LogP contribution in [0.15, 0.2) is 78.9 Å². The lowest BCUT2D eigenvalue weighted by Crippen LogP contribution is -2.00. The Balaban J connectivity index is 1.44. The van der Waals surface area contributed by atoms with E-state index in [9.17, 15) is 13.2 Å². The topological polar surface area (TPSA) is 27.7 Å². The Morgan fingerprint density at radius 3 is 1.94 bits per heavy atom. The Bertz CT molecular complexity index is 1290. The molecular formula is C29H25F3O3. The molecule has 0 unspecified atom stereocenters. The molecule has 0 bridgehead atoms. The van der Waals surface area contributed by atoms with E-state index in [0.29, 0.717) is 35.7 Å². The molecule has 0 saturated carbocycles. The smallest absolute Gasteiger partial charge is 0.201 e. The molecule has 0 aliphatic carbocycles. The van der Waals surface area contributed by atoms with Crippen LogP contribution >= 0.6 is 0 Å². The zero-order chi connectivity index (χ0) is 24.8. The molecule has 4 rings (SSSR count). The highest BCUT2D eigenvalue weighted by atomic mass is 19.2. The third-order valence-corrected chi connectivity index (χ3v) is 5.61. The number of ether oxygens (including phenoxy) is 3. The molecule has 0 aliphatic heterocycles. The second-order valence-electron chi connectivity index (χ2n) is 7.90. The average molecular weight is 479 g/mol. The van der Waals surface area contributed by atoms with Gasteiger partial charge in [-0.05, 0) is 59.5 Å². The Morgan fingerprint density at radius 2 is 1.29 bits per heavy atom. The highest BCUT2D eigenvalue weighted by molar-refractivity contribution is 5.66. The molecule has 0 amide bonds. The monoisotopic (exact) mass is 478 g/mol. The van der Waals surface area contributed by atoms with Gasteiger partial charge in [-0.2, -0.15) is 4.39 Å². The lowest BCUT2D eigenvalue weighted by Gasteiger charge is -2.12. The summed E-state index contributed by atoms with van der Waals surface area (Å²) < 4.78 is 59.9. The normalized spacial score (nSPS) is 10.9. The fourth-order valence-corrected chi connectivity index (χ4v) is 3.68. The number of halogens is 3. The first-order valence-electron chi connectivity index (χ1n) is 11.2. The minimum atomic E-state index is -1.05. The van der Waals surface area contributed by atoms with Crippen molar-refractivity contribution in [2.45, 2.75) is 20.1 Å². The van der Waals surface area contributed by atoms with Crippen LogP contribution in [0, 0.1) is 17.5 Å². The van der Waals surface area contributed by atoms with Crippen molar-refractivity contribution in [3.05, 3.63) is 107 Å². The first-order chi connectivity index (χ1) is 17.0. The van der Waals surface area contributed by atoms with Crippen molar-refractivity contribution >= 4 is 0 Å². The first-order valence-corrected chi connectivity index (χ1v) is 11.2. The van der Waals surface area contributed by atoms with Crippen LogP contribution in [0.2, 0.25) is 0 Å². The minimum absolute atomic E-state index is 0.0360. The second-order valence-corrected chi connectivity index (χ2v) is 7.90. The third kappa shape index (κ3) is 5.66. The Labute approximate surface area is 202 Å². The molecule has 0 fully saturated rings. The van der Waals surface area contributed by atoms with Crippen LogP contribution in [0.3, 0.4) is 0 Å². The number of hydrogen-bond acceptors (Lipinski definition) is 3. The van der Waals surface area contributed by atoms with Gasteiger partial charge in [0.15, 0.2) is 11.6 Å². The van der Waals surface area contributed by atoms with Crippen LogP contribution < -0.4 is 9.47 Å². The lowest BCUT2D eigenvalue weighted by molar-refractivity contribution is 0.134. The number of methoxy groups -OCH3 is 1.